The zero-order valence-corrected chi connectivity index (χ0v) is 25.9. The first-order chi connectivity index (χ1) is 19.3. The fourth-order valence-electron chi connectivity index (χ4n) is 4.33. The molecule has 8 nitrogen and oxygen atoms in total. The summed E-state index contributed by atoms with van der Waals surface area (Å²) < 4.78 is 34.2. The molecule has 3 aromatic rings. The van der Waals surface area contributed by atoms with Crippen LogP contribution in [-0.2, 0) is 26.2 Å². The highest BCUT2D eigenvalue weighted by Crippen LogP contribution is 2.32. The standard InChI is InChI=1S/C31H38ClN3O5S/c1-7-27(30(37)33-31(3,4)5)34(20-23-11-9-8-10-12-23)29(36)21-35(24-15-18-28(40-6)26(32)19-24)41(38,39)25-16-13-22(2)14-17-25/h8-19,27H,7,20-21H2,1-6H3,(H,33,37)/t27-/m1/s1. The van der Waals surface area contributed by atoms with E-state index >= 15 is 0 Å². The molecule has 0 saturated carbocycles. The van der Waals surface area contributed by atoms with Gasteiger partial charge in [-0.15, -0.1) is 0 Å². The Balaban J connectivity index is 2.09. The van der Waals surface area contributed by atoms with E-state index < -0.39 is 34.1 Å². The zero-order valence-electron chi connectivity index (χ0n) is 24.3. The molecule has 3 rings (SSSR count). The van der Waals surface area contributed by atoms with Gasteiger partial charge in [0.2, 0.25) is 11.8 Å². The van der Waals surface area contributed by atoms with E-state index in [9.17, 15) is 18.0 Å². The maximum Gasteiger partial charge on any atom is 0.264 e. The maximum absolute atomic E-state index is 14.1. The maximum atomic E-state index is 14.1. The quantitative estimate of drug-likeness (QED) is 0.311. The number of sulfonamides is 1. The average Bonchev–Trinajstić information content (AvgIpc) is 2.91. The first-order valence-corrected chi connectivity index (χ1v) is 15.2. The summed E-state index contributed by atoms with van der Waals surface area (Å²) in [5.74, 6) is -0.484. The number of carbonyl (C=O) groups excluding carboxylic acids is 2. The number of amides is 2. The summed E-state index contributed by atoms with van der Waals surface area (Å²) in [5.41, 5.74) is 1.37. The van der Waals surface area contributed by atoms with Gasteiger partial charge in [-0.3, -0.25) is 13.9 Å². The lowest BCUT2D eigenvalue weighted by Crippen LogP contribution is -2.55. The summed E-state index contributed by atoms with van der Waals surface area (Å²) in [5, 5.41) is 3.15. The summed E-state index contributed by atoms with van der Waals surface area (Å²) in [6, 6.07) is 19.4. The molecular formula is C31H38ClN3O5S. The molecule has 0 unspecified atom stereocenters. The predicted molar refractivity (Wildman–Crippen MR) is 163 cm³/mol. The van der Waals surface area contributed by atoms with E-state index in [0.717, 1.165) is 15.4 Å². The van der Waals surface area contributed by atoms with Gasteiger partial charge >= 0.3 is 0 Å². The number of methoxy groups -OCH3 is 1. The molecule has 10 heteroatoms. The van der Waals surface area contributed by atoms with E-state index in [-0.39, 0.29) is 28.1 Å². The van der Waals surface area contributed by atoms with E-state index in [4.69, 9.17) is 16.3 Å². The Morgan fingerprint density at radius 3 is 2.17 bits per heavy atom. The van der Waals surface area contributed by atoms with Crippen LogP contribution in [0, 0.1) is 6.92 Å². The zero-order chi connectivity index (χ0) is 30.4. The molecule has 2 amide bonds. The highest BCUT2D eigenvalue weighted by molar-refractivity contribution is 7.92. The number of hydrogen-bond acceptors (Lipinski definition) is 5. The van der Waals surface area contributed by atoms with Crippen LogP contribution in [-0.4, -0.2) is 50.4 Å². The van der Waals surface area contributed by atoms with Crippen molar-refractivity contribution in [1.82, 2.24) is 10.2 Å². The highest BCUT2D eigenvalue weighted by atomic mass is 35.5. The molecule has 1 N–H and O–H groups in total. The third-order valence-electron chi connectivity index (χ3n) is 6.39. The smallest absolute Gasteiger partial charge is 0.264 e. The van der Waals surface area contributed by atoms with Gasteiger partial charge in [0, 0.05) is 12.1 Å². The normalized spacial score (nSPS) is 12.4. The van der Waals surface area contributed by atoms with Crippen molar-refractivity contribution < 1.29 is 22.7 Å². The van der Waals surface area contributed by atoms with Crippen molar-refractivity contribution in [3.05, 3.63) is 88.9 Å². The van der Waals surface area contributed by atoms with E-state index in [1.807, 2.05) is 65.0 Å². The molecule has 0 heterocycles. The minimum absolute atomic E-state index is 0.0231. The number of carbonyl (C=O) groups is 2. The van der Waals surface area contributed by atoms with Gasteiger partial charge in [-0.25, -0.2) is 8.42 Å². The molecule has 0 spiro atoms. The van der Waals surface area contributed by atoms with Gasteiger partial charge in [0.25, 0.3) is 10.0 Å². The molecule has 3 aromatic carbocycles. The van der Waals surface area contributed by atoms with E-state index in [1.54, 1.807) is 18.2 Å². The van der Waals surface area contributed by atoms with Gasteiger partial charge in [-0.1, -0.05) is 66.6 Å². The molecule has 41 heavy (non-hydrogen) atoms. The van der Waals surface area contributed by atoms with Crippen LogP contribution < -0.4 is 14.4 Å². The van der Waals surface area contributed by atoms with Crippen LogP contribution in [0.1, 0.15) is 45.2 Å². The molecule has 0 aromatic heterocycles. The lowest BCUT2D eigenvalue weighted by atomic mass is 10.1. The summed E-state index contributed by atoms with van der Waals surface area (Å²) in [6.07, 6.45) is 0.333. The first kappa shape index (κ1) is 32.0. The Morgan fingerprint density at radius 2 is 1.63 bits per heavy atom. The van der Waals surface area contributed by atoms with Crippen molar-refractivity contribution >= 4 is 39.1 Å². The average molecular weight is 600 g/mol. The second-order valence-corrected chi connectivity index (χ2v) is 13.1. The fraction of sp³-hybridized carbons (Fsp3) is 0.355. The van der Waals surface area contributed by atoms with Crippen LogP contribution in [0.5, 0.6) is 5.75 Å². The molecule has 1 atom stereocenters. The van der Waals surface area contributed by atoms with Gasteiger partial charge in [0.05, 0.1) is 22.7 Å². The number of aryl methyl sites for hydroxylation is 1. The molecule has 0 radical (unpaired) electrons. The molecule has 0 aliphatic carbocycles. The summed E-state index contributed by atoms with van der Waals surface area (Å²) >= 11 is 6.38. The van der Waals surface area contributed by atoms with Gasteiger partial charge in [0.1, 0.15) is 18.3 Å². The van der Waals surface area contributed by atoms with Crippen molar-refractivity contribution in [2.75, 3.05) is 18.0 Å². The monoisotopic (exact) mass is 599 g/mol. The van der Waals surface area contributed by atoms with Crippen molar-refractivity contribution in [3.63, 3.8) is 0 Å². The van der Waals surface area contributed by atoms with E-state index in [1.165, 1.54) is 36.3 Å². The fourth-order valence-corrected chi connectivity index (χ4v) is 5.99. The number of nitrogens with zero attached hydrogens (tertiary/aromatic N) is 2. The Kier molecular flexibility index (Phi) is 10.4. The Bertz CT molecular complexity index is 1460. The van der Waals surface area contributed by atoms with Crippen LogP contribution in [0.3, 0.4) is 0 Å². The number of halogens is 1. The SMILES string of the molecule is CC[C@H](C(=O)NC(C)(C)C)N(Cc1ccccc1)C(=O)CN(c1ccc(OC)c(Cl)c1)S(=O)(=O)c1ccc(C)cc1. The number of anilines is 1. The Labute approximate surface area is 248 Å². The van der Waals surface area contributed by atoms with Crippen LogP contribution in [0.4, 0.5) is 5.69 Å². The Morgan fingerprint density at radius 1 is 1.00 bits per heavy atom. The van der Waals surface area contributed by atoms with Crippen LogP contribution in [0.15, 0.2) is 77.7 Å². The molecule has 0 aliphatic heterocycles. The van der Waals surface area contributed by atoms with Crippen molar-refractivity contribution in [1.29, 1.82) is 0 Å². The highest BCUT2D eigenvalue weighted by Gasteiger charge is 2.34. The minimum Gasteiger partial charge on any atom is -0.495 e. The molecule has 220 valence electrons. The molecule has 0 bridgehead atoms. The van der Waals surface area contributed by atoms with Crippen LogP contribution >= 0.6 is 11.6 Å². The number of nitrogens with one attached hydrogen (secondary N) is 1. The number of hydrogen-bond donors (Lipinski definition) is 1. The molecule has 0 aliphatic rings. The third-order valence-corrected chi connectivity index (χ3v) is 8.47. The first-order valence-electron chi connectivity index (χ1n) is 13.3. The van der Waals surface area contributed by atoms with E-state index in [2.05, 4.69) is 5.32 Å². The van der Waals surface area contributed by atoms with Crippen LogP contribution in [0.25, 0.3) is 0 Å². The topological polar surface area (TPSA) is 96.0 Å². The Hall–Kier alpha value is -3.56. The van der Waals surface area contributed by atoms with Gasteiger partial charge < -0.3 is 15.0 Å². The van der Waals surface area contributed by atoms with Crippen molar-refractivity contribution in [2.24, 2.45) is 0 Å². The van der Waals surface area contributed by atoms with Crippen molar-refractivity contribution in [2.45, 2.75) is 64.1 Å². The molecule has 0 saturated heterocycles. The third kappa shape index (κ3) is 8.24. The second kappa shape index (κ2) is 13.4. The summed E-state index contributed by atoms with van der Waals surface area (Å²) in [7, 11) is -2.75. The second-order valence-electron chi connectivity index (χ2n) is 10.8. The lowest BCUT2D eigenvalue weighted by molar-refractivity contribution is -0.141. The van der Waals surface area contributed by atoms with Crippen LogP contribution in [0.2, 0.25) is 5.02 Å². The summed E-state index contributed by atoms with van der Waals surface area (Å²) in [6.45, 7) is 8.85. The molecule has 0 fully saturated rings. The minimum atomic E-state index is -4.20. The predicted octanol–water partition coefficient (Wildman–Crippen LogP) is 5.57. The molecular weight excluding hydrogens is 562 g/mol. The number of benzene rings is 3. The van der Waals surface area contributed by atoms with Gasteiger partial charge in [0.15, 0.2) is 0 Å². The van der Waals surface area contributed by atoms with Gasteiger partial charge in [-0.05, 0) is 70.0 Å². The number of ether oxygens (including phenoxy) is 1. The largest absolute Gasteiger partial charge is 0.495 e. The number of rotatable bonds is 11. The van der Waals surface area contributed by atoms with E-state index in [0.29, 0.717) is 12.2 Å². The van der Waals surface area contributed by atoms with Gasteiger partial charge in [-0.2, -0.15) is 0 Å². The summed E-state index contributed by atoms with van der Waals surface area (Å²) in [4.78, 5) is 29.0. The lowest BCUT2D eigenvalue weighted by Gasteiger charge is -2.34. The van der Waals surface area contributed by atoms with Crippen molar-refractivity contribution in [3.8, 4) is 5.75 Å².